The minimum atomic E-state index is -0.284. The van der Waals surface area contributed by atoms with Crippen LogP contribution in [0.5, 0.6) is 0 Å². The highest BCUT2D eigenvalue weighted by atomic mass is 19.1. The number of rotatable bonds is 6. The maximum absolute atomic E-state index is 13.3. The van der Waals surface area contributed by atoms with Crippen LogP contribution >= 0.6 is 0 Å². The highest BCUT2D eigenvalue weighted by Gasteiger charge is 2.19. The first-order valence-corrected chi connectivity index (χ1v) is 10.0. The number of fused-ring (bicyclic) bond motifs is 1. The Morgan fingerprint density at radius 2 is 1.76 bits per heavy atom. The number of nitrogens with one attached hydrogen (secondary N) is 2. The van der Waals surface area contributed by atoms with Gasteiger partial charge in [-0.2, -0.15) is 0 Å². The fourth-order valence-electron chi connectivity index (χ4n) is 3.90. The van der Waals surface area contributed by atoms with Crippen molar-refractivity contribution in [2.75, 3.05) is 19.6 Å². The molecule has 3 aromatic rings. The van der Waals surface area contributed by atoms with E-state index in [0.29, 0.717) is 6.42 Å². The molecule has 0 spiro atoms. The monoisotopic (exact) mass is 393 g/mol. The Morgan fingerprint density at radius 1 is 1.03 bits per heavy atom. The molecular formula is C23H24FN3O2. The Hall–Kier alpha value is -3.15. The van der Waals surface area contributed by atoms with Gasteiger partial charge >= 0.3 is 0 Å². The van der Waals surface area contributed by atoms with E-state index < -0.39 is 0 Å². The number of benzene rings is 2. The second-order valence-electron chi connectivity index (χ2n) is 7.40. The molecule has 29 heavy (non-hydrogen) atoms. The van der Waals surface area contributed by atoms with Crippen molar-refractivity contribution in [1.82, 2.24) is 15.2 Å². The summed E-state index contributed by atoms with van der Waals surface area (Å²) < 4.78 is 13.3. The number of H-pyrrole nitrogens is 1. The van der Waals surface area contributed by atoms with Crippen molar-refractivity contribution < 1.29 is 14.0 Å². The number of para-hydroxylation sites is 1. The summed E-state index contributed by atoms with van der Waals surface area (Å²) >= 11 is 0. The second-order valence-corrected chi connectivity index (χ2v) is 7.40. The Labute approximate surface area is 168 Å². The molecule has 1 aliphatic rings. The molecule has 1 aliphatic heterocycles. The van der Waals surface area contributed by atoms with Gasteiger partial charge < -0.3 is 15.2 Å². The van der Waals surface area contributed by atoms with Gasteiger partial charge in [-0.15, -0.1) is 0 Å². The van der Waals surface area contributed by atoms with E-state index in [1.165, 1.54) is 12.1 Å². The summed E-state index contributed by atoms with van der Waals surface area (Å²) in [6.45, 7) is 1.62. The van der Waals surface area contributed by atoms with E-state index in [4.69, 9.17) is 0 Å². The van der Waals surface area contributed by atoms with Gasteiger partial charge in [0, 0.05) is 36.1 Å². The number of aromatic amines is 1. The number of likely N-dealkylation sites (tertiary alicyclic amines) is 1. The molecule has 0 unspecified atom stereocenters. The number of hydrogen-bond acceptors (Lipinski definition) is 2. The van der Waals surface area contributed by atoms with Crippen molar-refractivity contribution in [2.24, 2.45) is 0 Å². The third-order valence-corrected chi connectivity index (χ3v) is 5.44. The highest BCUT2D eigenvalue weighted by Crippen LogP contribution is 2.31. The third-order valence-electron chi connectivity index (χ3n) is 5.44. The molecule has 0 saturated carbocycles. The fraction of sp³-hybridized carbons (Fsp3) is 0.304. The zero-order valence-corrected chi connectivity index (χ0v) is 16.2. The molecule has 1 saturated heterocycles. The summed E-state index contributed by atoms with van der Waals surface area (Å²) in [7, 11) is 0. The molecule has 0 aliphatic carbocycles. The predicted molar refractivity (Wildman–Crippen MR) is 111 cm³/mol. The molecule has 2 heterocycles. The standard InChI is InChI=1S/C23H24FN3O2/c24-17-9-7-16(8-10-17)23-19(18-5-1-2-6-20(18)26-23)11-12-21(28)25-15-22(29)27-13-3-4-14-27/h1-2,5-10,26H,3-4,11-15H2,(H,25,28). The number of carbonyl (C=O) groups is 2. The molecule has 0 atom stereocenters. The minimum Gasteiger partial charge on any atom is -0.354 e. The van der Waals surface area contributed by atoms with Crippen LogP contribution < -0.4 is 5.32 Å². The smallest absolute Gasteiger partial charge is 0.241 e. The molecular weight excluding hydrogens is 369 g/mol. The number of halogens is 1. The molecule has 0 bridgehead atoms. The number of aryl methyl sites for hydroxylation is 1. The van der Waals surface area contributed by atoms with Gasteiger partial charge in [0.15, 0.2) is 0 Å². The molecule has 4 rings (SSSR count). The Bertz CT molecular complexity index is 1020. The SMILES string of the molecule is O=C(CCc1c(-c2ccc(F)cc2)[nH]c2ccccc12)NCC(=O)N1CCCC1. The van der Waals surface area contributed by atoms with Crippen molar-refractivity contribution in [2.45, 2.75) is 25.7 Å². The molecule has 6 heteroatoms. The largest absolute Gasteiger partial charge is 0.354 e. The van der Waals surface area contributed by atoms with E-state index in [9.17, 15) is 14.0 Å². The molecule has 2 N–H and O–H groups in total. The first kappa shape index (κ1) is 19.2. The van der Waals surface area contributed by atoms with Crippen LogP contribution in [0.4, 0.5) is 4.39 Å². The van der Waals surface area contributed by atoms with Crippen LogP contribution in [0.1, 0.15) is 24.8 Å². The van der Waals surface area contributed by atoms with Crippen molar-refractivity contribution in [3.8, 4) is 11.3 Å². The van der Waals surface area contributed by atoms with Crippen LogP contribution in [0.3, 0.4) is 0 Å². The van der Waals surface area contributed by atoms with E-state index in [-0.39, 0.29) is 30.6 Å². The average Bonchev–Trinajstić information content (AvgIpc) is 3.39. The summed E-state index contributed by atoms with van der Waals surface area (Å²) in [6, 6.07) is 14.2. The topological polar surface area (TPSA) is 65.2 Å². The van der Waals surface area contributed by atoms with Gasteiger partial charge in [0.25, 0.3) is 0 Å². The maximum atomic E-state index is 13.3. The molecule has 1 aromatic heterocycles. The van der Waals surface area contributed by atoms with Crippen molar-refractivity contribution in [1.29, 1.82) is 0 Å². The van der Waals surface area contributed by atoms with Crippen LogP contribution in [0.25, 0.3) is 22.2 Å². The van der Waals surface area contributed by atoms with Gasteiger partial charge in [-0.25, -0.2) is 4.39 Å². The highest BCUT2D eigenvalue weighted by molar-refractivity contribution is 5.91. The zero-order valence-electron chi connectivity index (χ0n) is 16.2. The van der Waals surface area contributed by atoms with Crippen LogP contribution in [-0.2, 0) is 16.0 Å². The van der Waals surface area contributed by atoms with E-state index in [0.717, 1.165) is 53.7 Å². The average molecular weight is 393 g/mol. The summed E-state index contributed by atoms with van der Waals surface area (Å²) in [6.07, 6.45) is 2.88. The van der Waals surface area contributed by atoms with Crippen molar-refractivity contribution >= 4 is 22.7 Å². The third kappa shape index (κ3) is 4.31. The number of aromatic nitrogens is 1. The second kappa shape index (κ2) is 8.47. The molecule has 0 radical (unpaired) electrons. The van der Waals surface area contributed by atoms with E-state index in [1.54, 1.807) is 17.0 Å². The molecule has 150 valence electrons. The summed E-state index contributed by atoms with van der Waals surface area (Å²) in [5.74, 6) is -0.448. The molecule has 5 nitrogen and oxygen atoms in total. The van der Waals surface area contributed by atoms with E-state index in [2.05, 4.69) is 10.3 Å². The van der Waals surface area contributed by atoms with Gasteiger partial charge in [-0.1, -0.05) is 18.2 Å². The van der Waals surface area contributed by atoms with Gasteiger partial charge in [-0.3, -0.25) is 9.59 Å². The number of nitrogens with zero attached hydrogens (tertiary/aromatic N) is 1. The first-order valence-electron chi connectivity index (χ1n) is 10.0. The minimum absolute atomic E-state index is 0.0186. The first-order chi connectivity index (χ1) is 14.1. The molecule has 1 fully saturated rings. The van der Waals surface area contributed by atoms with Gasteiger partial charge in [0.05, 0.1) is 6.54 Å². The normalized spacial score (nSPS) is 13.8. The fourth-order valence-corrected chi connectivity index (χ4v) is 3.90. The van der Waals surface area contributed by atoms with Crippen LogP contribution in [0, 0.1) is 5.82 Å². The van der Waals surface area contributed by atoms with E-state index in [1.807, 2.05) is 24.3 Å². The van der Waals surface area contributed by atoms with Crippen LogP contribution in [-0.4, -0.2) is 41.3 Å². The van der Waals surface area contributed by atoms with Crippen molar-refractivity contribution in [3.05, 3.63) is 59.9 Å². The maximum Gasteiger partial charge on any atom is 0.241 e. The lowest BCUT2D eigenvalue weighted by Gasteiger charge is -2.15. The lowest BCUT2D eigenvalue weighted by molar-refractivity contribution is -0.132. The van der Waals surface area contributed by atoms with E-state index >= 15 is 0 Å². The number of carbonyl (C=O) groups excluding carboxylic acids is 2. The number of amides is 2. The predicted octanol–water partition coefficient (Wildman–Crippen LogP) is 3.65. The lowest BCUT2D eigenvalue weighted by atomic mass is 10.0. The van der Waals surface area contributed by atoms with Gasteiger partial charge in [-0.05, 0) is 60.7 Å². The van der Waals surface area contributed by atoms with Crippen molar-refractivity contribution in [3.63, 3.8) is 0 Å². The van der Waals surface area contributed by atoms with Gasteiger partial charge in [0.2, 0.25) is 11.8 Å². The van der Waals surface area contributed by atoms with Crippen LogP contribution in [0.2, 0.25) is 0 Å². The summed E-state index contributed by atoms with van der Waals surface area (Å²) in [4.78, 5) is 29.6. The Kier molecular flexibility index (Phi) is 5.60. The lowest BCUT2D eigenvalue weighted by Crippen LogP contribution is -2.38. The Balaban J connectivity index is 1.46. The Morgan fingerprint density at radius 3 is 2.52 bits per heavy atom. The molecule has 2 aromatic carbocycles. The zero-order chi connectivity index (χ0) is 20.2. The van der Waals surface area contributed by atoms with Gasteiger partial charge in [0.1, 0.15) is 5.82 Å². The summed E-state index contributed by atoms with van der Waals surface area (Å²) in [5.41, 5.74) is 3.77. The van der Waals surface area contributed by atoms with Crippen LogP contribution in [0.15, 0.2) is 48.5 Å². The molecule has 2 amide bonds. The number of hydrogen-bond donors (Lipinski definition) is 2. The summed E-state index contributed by atoms with van der Waals surface area (Å²) in [5, 5.41) is 3.80. The quantitative estimate of drug-likeness (QED) is 0.671.